The van der Waals surface area contributed by atoms with Gasteiger partial charge in [-0.25, -0.2) is 8.78 Å². The molecule has 3 rings (SSSR count). The first-order valence-electron chi connectivity index (χ1n) is 8.70. The first-order valence-corrected chi connectivity index (χ1v) is 8.70. The third-order valence-corrected chi connectivity index (χ3v) is 4.16. The van der Waals surface area contributed by atoms with Crippen LogP contribution < -0.4 is 14.2 Å². The van der Waals surface area contributed by atoms with Gasteiger partial charge >= 0.3 is 0 Å². The molecular weight excluding hydrogens is 369 g/mol. The smallest absolute Gasteiger partial charge is 0.201 e. The van der Waals surface area contributed by atoms with Crippen molar-refractivity contribution in [2.75, 3.05) is 13.7 Å². The first-order chi connectivity index (χ1) is 13.5. The van der Waals surface area contributed by atoms with E-state index < -0.39 is 17.5 Å². The van der Waals surface area contributed by atoms with Crippen molar-refractivity contribution >= 4 is 0 Å². The fraction of sp³-hybridized carbons (Fsp3) is 0.182. The van der Waals surface area contributed by atoms with Gasteiger partial charge in [0.15, 0.2) is 11.6 Å². The molecule has 146 valence electrons. The number of hydrogen-bond donors (Lipinski definition) is 0. The summed E-state index contributed by atoms with van der Waals surface area (Å²) in [6, 6.07) is 14.1. The van der Waals surface area contributed by atoms with Crippen molar-refractivity contribution in [3.63, 3.8) is 0 Å². The molecule has 0 amide bonds. The van der Waals surface area contributed by atoms with E-state index in [2.05, 4.69) is 0 Å². The lowest BCUT2D eigenvalue weighted by atomic mass is 10.0. The summed E-state index contributed by atoms with van der Waals surface area (Å²) in [4.78, 5) is 0. The second-order valence-corrected chi connectivity index (χ2v) is 5.94. The van der Waals surface area contributed by atoms with E-state index >= 15 is 0 Å². The summed E-state index contributed by atoms with van der Waals surface area (Å²) in [5.74, 6) is -1.70. The minimum atomic E-state index is -1.05. The Hall–Kier alpha value is -3.15. The van der Waals surface area contributed by atoms with Crippen LogP contribution >= 0.6 is 0 Å². The normalized spacial score (nSPS) is 10.6. The predicted molar refractivity (Wildman–Crippen MR) is 100 cm³/mol. The van der Waals surface area contributed by atoms with Gasteiger partial charge in [-0.2, -0.15) is 4.39 Å². The average molecular weight is 388 g/mol. The van der Waals surface area contributed by atoms with E-state index in [1.807, 2.05) is 6.92 Å². The van der Waals surface area contributed by atoms with Gasteiger partial charge in [-0.1, -0.05) is 12.1 Å². The standard InChI is InChI=1S/C22H19F3O3/c1-3-27-17-9-10-18(19(23)12-17)14-4-7-16(8-5-14)28-13-15-6-11-20(26-2)22(25)21(15)24/h4-12H,3,13H2,1-2H3. The second-order valence-electron chi connectivity index (χ2n) is 5.94. The third kappa shape index (κ3) is 4.22. The van der Waals surface area contributed by atoms with Gasteiger partial charge in [0.2, 0.25) is 5.82 Å². The van der Waals surface area contributed by atoms with Crippen LogP contribution in [0.25, 0.3) is 11.1 Å². The topological polar surface area (TPSA) is 27.7 Å². The lowest BCUT2D eigenvalue weighted by Gasteiger charge is -2.11. The molecule has 0 atom stereocenters. The van der Waals surface area contributed by atoms with Gasteiger partial charge < -0.3 is 14.2 Å². The Morgan fingerprint density at radius 1 is 0.786 bits per heavy atom. The molecule has 0 heterocycles. The molecule has 0 saturated carbocycles. The Bertz CT molecular complexity index is 956. The minimum Gasteiger partial charge on any atom is -0.494 e. The Morgan fingerprint density at radius 3 is 2.14 bits per heavy atom. The van der Waals surface area contributed by atoms with Crippen molar-refractivity contribution in [2.45, 2.75) is 13.5 Å². The van der Waals surface area contributed by atoms with Crippen LogP contribution in [0, 0.1) is 17.5 Å². The summed E-state index contributed by atoms with van der Waals surface area (Å²) >= 11 is 0. The predicted octanol–water partition coefficient (Wildman–Crippen LogP) is 5.76. The van der Waals surface area contributed by atoms with Crippen molar-refractivity contribution in [1.29, 1.82) is 0 Å². The van der Waals surface area contributed by atoms with Crippen molar-refractivity contribution in [1.82, 2.24) is 0 Å². The van der Waals surface area contributed by atoms with Crippen LogP contribution in [0.15, 0.2) is 54.6 Å². The summed E-state index contributed by atoms with van der Waals surface area (Å²) in [5, 5.41) is 0. The van der Waals surface area contributed by atoms with Gasteiger partial charge in [0.1, 0.15) is 23.9 Å². The van der Waals surface area contributed by atoms with E-state index in [0.717, 1.165) is 0 Å². The maximum atomic E-state index is 14.3. The van der Waals surface area contributed by atoms with Crippen LogP contribution in [-0.4, -0.2) is 13.7 Å². The van der Waals surface area contributed by atoms with Gasteiger partial charge in [-0.15, -0.1) is 0 Å². The SMILES string of the molecule is CCOc1ccc(-c2ccc(OCc3ccc(OC)c(F)c3F)cc2)c(F)c1. The zero-order valence-corrected chi connectivity index (χ0v) is 15.5. The van der Waals surface area contributed by atoms with E-state index in [9.17, 15) is 13.2 Å². The van der Waals surface area contributed by atoms with Crippen LogP contribution in [0.4, 0.5) is 13.2 Å². The lowest BCUT2D eigenvalue weighted by Crippen LogP contribution is -2.02. The molecular formula is C22H19F3O3. The molecule has 0 spiro atoms. The molecule has 6 heteroatoms. The monoisotopic (exact) mass is 388 g/mol. The largest absolute Gasteiger partial charge is 0.494 e. The molecule has 0 aliphatic rings. The zero-order valence-electron chi connectivity index (χ0n) is 15.5. The van der Waals surface area contributed by atoms with E-state index in [1.54, 1.807) is 36.4 Å². The Balaban J connectivity index is 1.71. The molecule has 0 saturated heterocycles. The van der Waals surface area contributed by atoms with Crippen LogP contribution in [0.2, 0.25) is 0 Å². The summed E-state index contributed by atoms with van der Waals surface area (Å²) in [7, 11) is 1.27. The molecule has 0 aromatic heterocycles. The molecule has 0 N–H and O–H groups in total. The number of methoxy groups -OCH3 is 1. The quantitative estimate of drug-likeness (QED) is 0.515. The molecule has 0 aliphatic heterocycles. The lowest BCUT2D eigenvalue weighted by molar-refractivity contribution is 0.294. The van der Waals surface area contributed by atoms with Gasteiger partial charge in [-0.3, -0.25) is 0 Å². The van der Waals surface area contributed by atoms with Crippen molar-refractivity contribution in [3.8, 4) is 28.4 Å². The van der Waals surface area contributed by atoms with Crippen molar-refractivity contribution < 1.29 is 27.4 Å². The first kappa shape index (κ1) is 19.6. The molecule has 28 heavy (non-hydrogen) atoms. The van der Waals surface area contributed by atoms with Crippen LogP contribution in [0.3, 0.4) is 0 Å². The molecule has 0 unspecified atom stereocenters. The molecule has 0 aliphatic carbocycles. The highest BCUT2D eigenvalue weighted by atomic mass is 19.2. The third-order valence-electron chi connectivity index (χ3n) is 4.16. The molecule has 3 aromatic carbocycles. The van der Waals surface area contributed by atoms with Crippen molar-refractivity contribution in [3.05, 3.63) is 77.6 Å². The Morgan fingerprint density at radius 2 is 1.50 bits per heavy atom. The van der Waals surface area contributed by atoms with Gasteiger partial charge in [-0.05, 0) is 48.9 Å². The van der Waals surface area contributed by atoms with Crippen molar-refractivity contribution in [2.24, 2.45) is 0 Å². The average Bonchev–Trinajstić information content (AvgIpc) is 2.70. The second kappa shape index (κ2) is 8.69. The highest BCUT2D eigenvalue weighted by Crippen LogP contribution is 2.28. The fourth-order valence-corrected chi connectivity index (χ4v) is 2.72. The Labute approximate surface area is 161 Å². The fourth-order valence-electron chi connectivity index (χ4n) is 2.72. The molecule has 3 aromatic rings. The minimum absolute atomic E-state index is 0.0694. The highest BCUT2D eigenvalue weighted by Gasteiger charge is 2.14. The van der Waals surface area contributed by atoms with E-state index in [0.29, 0.717) is 29.2 Å². The Kier molecular flexibility index (Phi) is 6.09. The summed E-state index contributed by atoms with van der Waals surface area (Å²) in [6.45, 7) is 2.14. The molecule has 0 bridgehead atoms. The maximum Gasteiger partial charge on any atom is 0.201 e. The van der Waals surface area contributed by atoms with E-state index in [-0.39, 0.29) is 17.9 Å². The van der Waals surface area contributed by atoms with Crippen LogP contribution in [0.1, 0.15) is 12.5 Å². The highest BCUT2D eigenvalue weighted by molar-refractivity contribution is 5.65. The number of benzene rings is 3. The van der Waals surface area contributed by atoms with E-state index in [4.69, 9.17) is 14.2 Å². The van der Waals surface area contributed by atoms with Gasteiger partial charge in [0.25, 0.3) is 0 Å². The zero-order chi connectivity index (χ0) is 20.1. The summed E-state index contributed by atoms with van der Waals surface area (Å²) in [5.41, 5.74) is 1.16. The summed E-state index contributed by atoms with van der Waals surface area (Å²) < 4.78 is 57.5. The molecule has 0 fully saturated rings. The van der Waals surface area contributed by atoms with Gasteiger partial charge in [0.05, 0.1) is 13.7 Å². The van der Waals surface area contributed by atoms with Crippen LogP contribution in [-0.2, 0) is 6.61 Å². The number of rotatable bonds is 7. The number of halogens is 3. The van der Waals surface area contributed by atoms with Crippen LogP contribution in [0.5, 0.6) is 17.2 Å². The summed E-state index contributed by atoms with van der Waals surface area (Å²) in [6.07, 6.45) is 0. The maximum absolute atomic E-state index is 14.3. The molecule has 0 radical (unpaired) electrons. The molecule has 3 nitrogen and oxygen atoms in total. The number of ether oxygens (including phenoxy) is 3. The number of hydrogen-bond acceptors (Lipinski definition) is 3. The van der Waals surface area contributed by atoms with Gasteiger partial charge in [0, 0.05) is 17.2 Å². The van der Waals surface area contributed by atoms with E-state index in [1.165, 1.54) is 25.3 Å².